The molecule has 6 heterocycles. The highest BCUT2D eigenvalue weighted by molar-refractivity contribution is 9.11. The van der Waals surface area contributed by atoms with Crippen molar-refractivity contribution >= 4 is 60.9 Å². The summed E-state index contributed by atoms with van der Waals surface area (Å²) in [6, 6.07) is 12.2. The van der Waals surface area contributed by atoms with Gasteiger partial charge in [0, 0.05) is 49.5 Å². The van der Waals surface area contributed by atoms with Crippen LogP contribution in [0.2, 0.25) is 0 Å². The molecule has 2 aliphatic rings. The zero-order valence-corrected chi connectivity index (χ0v) is 27.6. The van der Waals surface area contributed by atoms with Gasteiger partial charge in [-0.3, -0.25) is 8.80 Å². The Kier molecular flexibility index (Phi) is 10.9. The minimum atomic E-state index is 0. The average molecular weight is 757 g/mol. The third-order valence-corrected chi connectivity index (χ3v) is 8.85. The van der Waals surface area contributed by atoms with Crippen molar-refractivity contribution < 1.29 is 9.47 Å². The van der Waals surface area contributed by atoms with Crippen LogP contribution in [0.25, 0.3) is 11.3 Å². The number of nitrogens with two attached hydrogens (primary N) is 1. The molecule has 0 radical (unpaired) electrons. The summed E-state index contributed by atoms with van der Waals surface area (Å²) in [4.78, 5) is 8.58. The molecule has 8 rings (SSSR count). The summed E-state index contributed by atoms with van der Waals surface area (Å²) in [5, 5.41) is 19.9. The van der Waals surface area contributed by atoms with Gasteiger partial charge >= 0.3 is 0 Å². The van der Waals surface area contributed by atoms with Gasteiger partial charge in [0.1, 0.15) is 24.2 Å². The van der Waals surface area contributed by atoms with Crippen molar-refractivity contribution in [2.45, 2.75) is 38.5 Å². The number of thioether (sulfide) groups is 1. The first-order chi connectivity index (χ1) is 21.6. The first-order valence-corrected chi connectivity index (χ1v) is 16.5. The van der Waals surface area contributed by atoms with Crippen LogP contribution >= 0.6 is 43.6 Å². The number of fused-ring (bicyclic) bond motifs is 4. The second-order valence-corrected chi connectivity index (χ2v) is 12.1. The molecule has 0 saturated carbocycles. The first kappa shape index (κ1) is 32.6. The molecular weight excluding hydrogens is 724 g/mol. The Morgan fingerprint density at radius 3 is 2.07 bits per heavy atom. The summed E-state index contributed by atoms with van der Waals surface area (Å²) >= 11 is 8.32. The Morgan fingerprint density at radius 1 is 0.844 bits per heavy atom. The summed E-state index contributed by atoms with van der Waals surface area (Å²) in [6.07, 6.45) is 10.7. The Labute approximate surface area is 281 Å². The lowest BCUT2D eigenvalue weighted by atomic mass is 10.1. The van der Waals surface area contributed by atoms with E-state index in [9.17, 15) is 0 Å². The fourth-order valence-corrected chi connectivity index (χ4v) is 6.19. The van der Waals surface area contributed by atoms with Gasteiger partial charge in [0.05, 0.1) is 22.2 Å². The van der Waals surface area contributed by atoms with E-state index in [0.717, 1.165) is 68.9 Å². The summed E-state index contributed by atoms with van der Waals surface area (Å²) in [5.41, 5.74) is 12.1. The van der Waals surface area contributed by atoms with E-state index >= 15 is 0 Å². The van der Waals surface area contributed by atoms with Crippen LogP contribution < -0.4 is 20.5 Å². The standard InChI is InChI=1S/C14H12BrN5O.C9H11NO.C6H5BrN4S.CH4/c15-11-7-17-14(20-8-18-19-13(11)20)16-6-9-2-1-3-12-10(9)4-5-21-12;10-6-7-2-1-3-9-8(7)4-5-11-9;1-12-6-8-2-4(7)5-10-9-3-11(5)6;/h1-3,7-8H,4-6H2,(H,16,17);1-3H,4-6,10H2;2-3H,1H3;1H4. The second-order valence-electron chi connectivity index (χ2n) is 9.61. The molecule has 0 atom stereocenters. The number of halogens is 2. The van der Waals surface area contributed by atoms with Gasteiger partial charge in [-0.1, -0.05) is 43.5 Å². The maximum Gasteiger partial charge on any atom is 0.210 e. The normalized spacial score (nSPS) is 12.5. The number of ether oxygens (including phenoxy) is 2. The SMILES string of the molecule is Brc1cnc(NCc2cccc3c2CCO3)n2cnnc12.C.CSc1ncc(Br)c2nncn12.NCc1cccc2c1CCO2. The molecule has 0 amide bonds. The van der Waals surface area contributed by atoms with Gasteiger partial charge in [0.2, 0.25) is 5.95 Å². The van der Waals surface area contributed by atoms with E-state index in [1.165, 1.54) is 22.3 Å². The predicted molar refractivity (Wildman–Crippen MR) is 182 cm³/mol. The molecule has 0 bridgehead atoms. The maximum atomic E-state index is 5.59. The molecule has 0 fully saturated rings. The van der Waals surface area contributed by atoms with E-state index < -0.39 is 0 Å². The van der Waals surface area contributed by atoms with E-state index in [1.54, 1.807) is 36.8 Å². The molecule has 2 aliphatic heterocycles. The fourth-order valence-electron chi connectivity index (χ4n) is 4.96. The van der Waals surface area contributed by atoms with Crippen molar-refractivity contribution in [1.29, 1.82) is 0 Å². The van der Waals surface area contributed by atoms with E-state index in [-0.39, 0.29) is 7.43 Å². The minimum absolute atomic E-state index is 0. The third kappa shape index (κ3) is 7.06. The minimum Gasteiger partial charge on any atom is -0.493 e. The smallest absolute Gasteiger partial charge is 0.210 e. The quantitative estimate of drug-likeness (QED) is 0.164. The zero-order valence-electron chi connectivity index (χ0n) is 23.7. The molecule has 45 heavy (non-hydrogen) atoms. The van der Waals surface area contributed by atoms with Crippen molar-refractivity contribution in [3.8, 4) is 11.5 Å². The van der Waals surface area contributed by atoms with E-state index in [2.05, 4.69) is 79.7 Å². The molecule has 234 valence electrons. The van der Waals surface area contributed by atoms with E-state index in [4.69, 9.17) is 15.2 Å². The number of benzene rings is 2. The van der Waals surface area contributed by atoms with Crippen LogP contribution in [0, 0.1) is 0 Å². The highest BCUT2D eigenvalue weighted by Gasteiger charge is 2.16. The van der Waals surface area contributed by atoms with Crippen molar-refractivity contribution in [2.24, 2.45) is 5.73 Å². The van der Waals surface area contributed by atoms with Crippen molar-refractivity contribution in [3.05, 3.63) is 92.6 Å². The van der Waals surface area contributed by atoms with Gasteiger partial charge in [0.15, 0.2) is 16.5 Å². The van der Waals surface area contributed by atoms with Gasteiger partial charge in [-0.2, -0.15) is 0 Å². The van der Waals surface area contributed by atoms with Gasteiger partial charge in [-0.25, -0.2) is 9.97 Å². The lowest BCUT2D eigenvalue weighted by molar-refractivity contribution is 0.356. The van der Waals surface area contributed by atoms with Crippen molar-refractivity contribution in [1.82, 2.24) is 39.2 Å². The molecule has 3 N–H and O–H groups in total. The molecule has 0 saturated heterocycles. The van der Waals surface area contributed by atoms with Crippen LogP contribution in [0.1, 0.15) is 29.7 Å². The largest absolute Gasteiger partial charge is 0.493 e. The van der Waals surface area contributed by atoms with Gasteiger partial charge in [-0.15, -0.1) is 20.4 Å². The Hall–Kier alpha value is -3.79. The summed E-state index contributed by atoms with van der Waals surface area (Å²) in [7, 11) is 0. The number of nitrogens with one attached hydrogen (secondary N) is 1. The molecule has 0 aliphatic carbocycles. The van der Waals surface area contributed by atoms with E-state index in [0.29, 0.717) is 13.1 Å². The molecule has 15 heteroatoms. The molecule has 0 unspecified atom stereocenters. The molecule has 4 aromatic heterocycles. The summed E-state index contributed by atoms with van der Waals surface area (Å²) in [5.74, 6) is 2.73. The van der Waals surface area contributed by atoms with Crippen LogP contribution in [0.5, 0.6) is 11.5 Å². The Morgan fingerprint density at radius 2 is 1.42 bits per heavy atom. The lowest BCUT2D eigenvalue weighted by Gasteiger charge is -2.10. The number of rotatable bonds is 5. The summed E-state index contributed by atoms with van der Waals surface area (Å²) in [6.45, 7) is 2.88. The number of hydrogen-bond acceptors (Lipinski definition) is 11. The van der Waals surface area contributed by atoms with Crippen LogP contribution in [0.4, 0.5) is 5.95 Å². The monoisotopic (exact) mass is 754 g/mol. The van der Waals surface area contributed by atoms with Gasteiger partial charge < -0.3 is 20.5 Å². The molecule has 0 spiro atoms. The predicted octanol–water partition coefficient (Wildman–Crippen LogP) is 5.76. The zero-order chi connectivity index (χ0) is 30.5. The highest BCUT2D eigenvalue weighted by atomic mass is 79.9. The highest BCUT2D eigenvalue weighted by Crippen LogP contribution is 2.29. The van der Waals surface area contributed by atoms with Gasteiger partial charge in [0.25, 0.3) is 0 Å². The van der Waals surface area contributed by atoms with Gasteiger partial charge in [-0.05, 0) is 61.4 Å². The maximum absolute atomic E-state index is 5.59. The van der Waals surface area contributed by atoms with Crippen LogP contribution in [0.15, 0.2) is 75.5 Å². The fraction of sp³-hybridized carbons (Fsp3) is 0.267. The van der Waals surface area contributed by atoms with Crippen molar-refractivity contribution in [2.75, 3.05) is 24.8 Å². The number of anilines is 1. The van der Waals surface area contributed by atoms with Crippen LogP contribution in [-0.2, 0) is 25.9 Å². The average Bonchev–Trinajstić information content (AvgIpc) is 3.88. The first-order valence-electron chi connectivity index (χ1n) is 13.7. The number of aromatic nitrogens is 8. The van der Waals surface area contributed by atoms with Crippen LogP contribution in [0.3, 0.4) is 0 Å². The second kappa shape index (κ2) is 15.0. The number of nitrogens with zero attached hydrogens (tertiary/aromatic N) is 8. The molecular formula is C30H32Br2N10O2S. The topological polar surface area (TPSA) is 143 Å². The van der Waals surface area contributed by atoms with E-state index in [1.807, 2.05) is 39.3 Å². The molecule has 6 aromatic rings. The third-order valence-electron chi connectivity index (χ3n) is 7.06. The Bertz CT molecular complexity index is 1920. The molecule has 12 nitrogen and oxygen atoms in total. The molecule has 2 aromatic carbocycles. The van der Waals surface area contributed by atoms with Crippen LogP contribution in [-0.4, -0.2) is 58.6 Å². The number of hydrogen-bond donors (Lipinski definition) is 2. The summed E-state index contributed by atoms with van der Waals surface area (Å²) < 4.78 is 16.3. The Balaban J connectivity index is 0.000000143. The lowest BCUT2D eigenvalue weighted by Crippen LogP contribution is -2.07. The van der Waals surface area contributed by atoms with Crippen molar-refractivity contribution in [3.63, 3.8) is 0 Å².